The highest BCUT2D eigenvalue weighted by Crippen LogP contribution is 2.67. The zero-order valence-corrected chi connectivity index (χ0v) is 9.67. The molecule has 14 heavy (non-hydrogen) atoms. The fourth-order valence-corrected chi connectivity index (χ4v) is 3.81. The molecule has 2 bridgehead atoms. The second-order valence-electron chi connectivity index (χ2n) is 5.98. The van der Waals surface area contributed by atoms with Crippen molar-refractivity contribution < 1.29 is 5.21 Å². The van der Waals surface area contributed by atoms with Gasteiger partial charge < -0.3 is 5.21 Å². The molecule has 2 saturated carbocycles. The molecule has 2 heteroatoms. The number of hydrogen-bond donors (Lipinski definition) is 1. The summed E-state index contributed by atoms with van der Waals surface area (Å²) in [7, 11) is 0. The summed E-state index contributed by atoms with van der Waals surface area (Å²) in [6.45, 7) is 9.13. The van der Waals surface area contributed by atoms with E-state index in [2.05, 4.69) is 25.9 Å². The van der Waals surface area contributed by atoms with Crippen molar-refractivity contribution in [1.29, 1.82) is 0 Å². The third-order valence-electron chi connectivity index (χ3n) is 5.34. The van der Waals surface area contributed by atoms with E-state index in [1.807, 2.05) is 6.92 Å². The minimum absolute atomic E-state index is 0.420. The van der Waals surface area contributed by atoms with Gasteiger partial charge in [-0.25, -0.2) is 0 Å². The lowest BCUT2D eigenvalue weighted by atomic mass is 9.71. The summed E-state index contributed by atoms with van der Waals surface area (Å²) < 4.78 is 0. The van der Waals surface area contributed by atoms with Crippen LogP contribution >= 0.6 is 0 Å². The Morgan fingerprint density at radius 3 is 2.36 bits per heavy atom. The summed E-state index contributed by atoms with van der Waals surface area (Å²) in [4.78, 5) is 0. The molecule has 0 aromatic heterocycles. The Balaban J connectivity index is 2.32. The molecule has 2 aliphatic rings. The summed E-state index contributed by atoms with van der Waals surface area (Å²) in [5.74, 6) is 1.25. The maximum atomic E-state index is 8.87. The van der Waals surface area contributed by atoms with Crippen LogP contribution in [0, 0.1) is 22.7 Å². The Morgan fingerprint density at radius 2 is 2.00 bits per heavy atom. The van der Waals surface area contributed by atoms with Crippen LogP contribution in [-0.2, 0) is 0 Å². The molecule has 0 unspecified atom stereocenters. The number of hydrogen-bond acceptors (Lipinski definition) is 2. The van der Waals surface area contributed by atoms with Crippen molar-refractivity contribution in [3.8, 4) is 0 Å². The summed E-state index contributed by atoms with van der Waals surface area (Å²) in [6, 6.07) is 0. The molecule has 1 N–H and O–H groups in total. The highest BCUT2D eigenvalue weighted by molar-refractivity contribution is 5.84. The van der Waals surface area contributed by atoms with Gasteiger partial charge in [-0.1, -0.05) is 25.9 Å². The smallest absolute Gasteiger partial charge is 0.0574 e. The minimum Gasteiger partial charge on any atom is -0.411 e. The predicted octanol–water partition coefficient (Wildman–Crippen LogP) is 3.30. The molecule has 2 nitrogen and oxygen atoms in total. The largest absolute Gasteiger partial charge is 0.411 e. The molecule has 0 spiro atoms. The Kier molecular flexibility index (Phi) is 1.96. The lowest BCUT2D eigenvalue weighted by molar-refractivity contribution is 0.152. The van der Waals surface area contributed by atoms with Gasteiger partial charge in [0.1, 0.15) is 0 Å². The lowest BCUT2D eigenvalue weighted by Gasteiger charge is -2.34. The van der Waals surface area contributed by atoms with Crippen LogP contribution in [0.5, 0.6) is 0 Å². The van der Waals surface area contributed by atoms with Gasteiger partial charge in [-0.15, -0.1) is 0 Å². The monoisotopic (exact) mass is 195 g/mol. The van der Waals surface area contributed by atoms with E-state index in [0.717, 1.165) is 11.6 Å². The molecular formula is C12H21NO. The van der Waals surface area contributed by atoms with Gasteiger partial charge in [-0.2, -0.15) is 0 Å². The first-order valence-electron chi connectivity index (χ1n) is 5.61. The number of oxime groups is 1. The lowest BCUT2D eigenvalue weighted by Crippen LogP contribution is -2.26. The SMILES string of the molecule is CC(=NO)[C@H]1C[C@@]2(C)CC[C@H]1C2(C)C. The van der Waals surface area contributed by atoms with E-state index in [1.54, 1.807) is 0 Å². The van der Waals surface area contributed by atoms with E-state index in [4.69, 9.17) is 5.21 Å². The number of rotatable bonds is 1. The van der Waals surface area contributed by atoms with Gasteiger partial charge in [0.05, 0.1) is 5.71 Å². The van der Waals surface area contributed by atoms with E-state index in [9.17, 15) is 0 Å². The first-order valence-corrected chi connectivity index (χ1v) is 5.61. The zero-order valence-electron chi connectivity index (χ0n) is 9.67. The van der Waals surface area contributed by atoms with Gasteiger partial charge in [0.2, 0.25) is 0 Å². The van der Waals surface area contributed by atoms with Crippen molar-refractivity contribution >= 4 is 5.71 Å². The Morgan fingerprint density at radius 1 is 1.36 bits per heavy atom. The van der Waals surface area contributed by atoms with Gasteiger partial charge in [-0.05, 0) is 42.9 Å². The van der Waals surface area contributed by atoms with Crippen molar-refractivity contribution in [3.05, 3.63) is 0 Å². The molecule has 2 fully saturated rings. The zero-order chi connectivity index (χ0) is 10.6. The number of nitrogens with zero attached hydrogens (tertiary/aromatic N) is 1. The second-order valence-corrected chi connectivity index (χ2v) is 5.98. The van der Waals surface area contributed by atoms with E-state index in [0.29, 0.717) is 16.7 Å². The first kappa shape index (κ1) is 10.0. The summed E-state index contributed by atoms with van der Waals surface area (Å²) in [5, 5.41) is 12.3. The molecule has 80 valence electrons. The van der Waals surface area contributed by atoms with E-state index < -0.39 is 0 Å². The van der Waals surface area contributed by atoms with Crippen LogP contribution in [0.1, 0.15) is 47.0 Å². The fraction of sp³-hybridized carbons (Fsp3) is 0.917. The standard InChI is InChI=1S/C12H21NO/c1-8(13-14)9-7-12(4)6-5-10(9)11(12,2)3/h9-10,14H,5-7H2,1-4H3/t9-,10-,12-/m1/s1. The molecular weight excluding hydrogens is 174 g/mol. The molecule has 0 saturated heterocycles. The summed E-state index contributed by atoms with van der Waals surface area (Å²) >= 11 is 0. The van der Waals surface area contributed by atoms with Gasteiger partial charge in [0, 0.05) is 5.92 Å². The normalized spacial score (nSPS) is 45.9. The Labute approximate surface area is 86.4 Å². The quantitative estimate of drug-likeness (QED) is 0.388. The van der Waals surface area contributed by atoms with Crippen molar-refractivity contribution in [2.75, 3.05) is 0 Å². The average Bonchev–Trinajstić information content (AvgIpc) is 2.47. The van der Waals surface area contributed by atoms with Crippen LogP contribution in [0.3, 0.4) is 0 Å². The third kappa shape index (κ3) is 0.999. The van der Waals surface area contributed by atoms with Crippen molar-refractivity contribution in [3.63, 3.8) is 0 Å². The molecule has 2 aliphatic carbocycles. The van der Waals surface area contributed by atoms with Crippen molar-refractivity contribution in [2.45, 2.75) is 47.0 Å². The molecule has 0 aromatic carbocycles. The van der Waals surface area contributed by atoms with Crippen LogP contribution in [0.4, 0.5) is 0 Å². The maximum absolute atomic E-state index is 8.87. The summed E-state index contributed by atoms with van der Waals surface area (Å²) in [5.41, 5.74) is 1.82. The Bertz CT molecular complexity index is 279. The predicted molar refractivity (Wildman–Crippen MR) is 57.6 cm³/mol. The molecule has 0 aliphatic heterocycles. The third-order valence-corrected chi connectivity index (χ3v) is 5.34. The average molecular weight is 195 g/mol. The fourth-order valence-electron chi connectivity index (χ4n) is 3.81. The molecule has 0 heterocycles. The van der Waals surface area contributed by atoms with Crippen LogP contribution in [0.25, 0.3) is 0 Å². The minimum atomic E-state index is 0.420. The molecule has 3 atom stereocenters. The maximum Gasteiger partial charge on any atom is 0.0574 e. The number of fused-ring (bicyclic) bond motifs is 2. The van der Waals surface area contributed by atoms with Gasteiger partial charge in [-0.3, -0.25) is 0 Å². The highest BCUT2D eigenvalue weighted by atomic mass is 16.4. The molecule has 0 amide bonds. The molecule has 0 radical (unpaired) electrons. The van der Waals surface area contributed by atoms with E-state index >= 15 is 0 Å². The van der Waals surface area contributed by atoms with Gasteiger partial charge in [0.25, 0.3) is 0 Å². The van der Waals surface area contributed by atoms with Crippen LogP contribution in [0.15, 0.2) is 5.16 Å². The van der Waals surface area contributed by atoms with Crippen molar-refractivity contribution in [1.82, 2.24) is 0 Å². The Hall–Kier alpha value is -0.530. The van der Waals surface area contributed by atoms with E-state index in [-0.39, 0.29) is 0 Å². The van der Waals surface area contributed by atoms with Crippen LogP contribution < -0.4 is 0 Å². The molecule has 2 rings (SSSR count). The van der Waals surface area contributed by atoms with Crippen LogP contribution in [-0.4, -0.2) is 10.9 Å². The van der Waals surface area contributed by atoms with Crippen LogP contribution in [0.2, 0.25) is 0 Å². The molecule has 0 aromatic rings. The first-order chi connectivity index (χ1) is 6.42. The van der Waals surface area contributed by atoms with E-state index in [1.165, 1.54) is 19.3 Å². The van der Waals surface area contributed by atoms with Gasteiger partial charge >= 0.3 is 0 Å². The summed E-state index contributed by atoms with van der Waals surface area (Å²) in [6.07, 6.45) is 3.86. The van der Waals surface area contributed by atoms with Gasteiger partial charge in [0.15, 0.2) is 0 Å². The highest BCUT2D eigenvalue weighted by Gasteiger charge is 2.60. The van der Waals surface area contributed by atoms with Crippen molar-refractivity contribution in [2.24, 2.45) is 27.8 Å². The topological polar surface area (TPSA) is 32.6 Å². The second kappa shape index (κ2) is 2.74.